The van der Waals surface area contributed by atoms with Gasteiger partial charge in [-0.2, -0.15) is 0 Å². The topological polar surface area (TPSA) is 46.3 Å². The first-order valence-electron chi connectivity index (χ1n) is 7.39. The number of amides is 1. The summed E-state index contributed by atoms with van der Waals surface area (Å²) in [6.45, 7) is 0.293. The van der Waals surface area contributed by atoms with Crippen LogP contribution in [0.15, 0.2) is 18.2 Å². The molecular formula is C17H21ClN2O. The Balaban J connectivity index is 2.13. The van der Waals surface area contributed by atoms with Crippen molar-refractivity contribution in [1.82, 2.24) is 4.90 Å². The average molecular weight is 305 g/mol. The molecule has 0 spiro atoms. The number of carbonyl (C=O) groups excluding carboxylic acids is 1. The van der Waals surface area contributed by atoms with Crippen molar-refractivity contribution >= 4 is 17.5 Å². The Bertz CT molecular complexity index is 568. The van der Waals surface area contributed by atoms with Gasteiger partial charge in [-0.25, -0.2) is 0 Å². The number of halogens is 1. The van der Waals surface area contributed by atoms with E-state index < -0.39 is 0 Å². The molecule has 112 valence electrons. The Labute approximate surface area is 131 Å². The molecule has 21 heavy (non-hydrogen) atoms. The van der Waals surface area contributed by atoms with E-state index in [9.17, 15) is 4.79 Å². The first-order chi connectivity index (χ1) is 10.1. The molecular weight excluding hydrogens is 284 g/mol. The zero-order chi connectivity index (χ0) is 15.2. The summed E-state index contributed by atoms with van der Waals surface area (Å²) in [6.07, 6.45) is 5.87. The average Bonchev–Trinajstić information content (AvgIpc) is 2.53. The number of nitrogens with two attached hydrogens (primary N) is 1. The van der Waals surface area contributed by atoms with E-state index in [1.807, 2.05) is 11.9 Å². The molecule has 1 aromatic carbocycles. The molecule has 0 radical (unpaired) electrons. The summed E-state index contributed by atoms with van der Waals surface area (Å²) in [7, 11) is 1.88. The third kappa shape index (κ3) is 4.00. The van der Waals surface area contributed by atoms with Crippen LogP contribution in [0.1, 0.15) is 48.0 Å². The van der Waals surface area contributed by atoms with Crippen molar-refractivity contribution in [2.45, 2.75) is 38.1 Å². The molecule has 2 N–H and O–H groups in total. The van der Waals surface area contributed by atoms with Crippen LogP contribution in [-0.4, -0.2) is 30.4 Å². The predicted molar refractivity (Wildman–Crippen MR) is 86.4 cm³/mol. The number of carbonyl (C=O) groups is 1. The minimum Gasteiger partial charge on any atom is -0.339 e. The van der Waals surface area contributed by atoms with Gasteiger partial charge in [0, 0.05) is 24.2 Å². The number of benzene rings is 1. The highest BCUT2D eigenvalue weighted by molar-refractivity contribution is 6.32. The highest BCUT2D eigenvalue weighted by Gasteiger charge is 2.23. The molecule has 0 unspecified atom stereocenters. The Morgan fingerprint density at radius 3 is 2.71 bits per heavy atom. The number of hydrogen-bond acceptors (Lipinski definition) is 2. The van der Waals surface area contributed by atoms with Gasteiger partial charge in [-0.3, -0.25) is 4.79 Å². The quantitative estimate of drug-likeness (QED) is 0.854. The van der Waals surface area contributed by atoms with Gasteiger partial charge in [0.1, 0.15) is 0 Å². The largest absolute Gasteiger partial charge is 0.339 e. The summed E-state index contributed by atoms with van der Waals surface area (Å²) in [4.78, 5) is 14.4. The third-order valence-electron chi connectivity index (χ3n) is 3.98. The van der Waals surface area contributed by atoms with E-state index in [1.54, 1.807) is 18.2 Å². The lowest BCUT2D eigenvalue weighted by molar-refractivity contribution is 0.0696. The fraction of sp³-hybridized carbons (Fsp3) is 0.471. The highest BCUT2D eigenvalue weighted by atomic mass is 35.5. The van der Waals surface area contributed by atoms with E-state index in [4.69, 9.17) is 17.3 Å². The molecule has 4 heteroatoms. The first-order valence-corrected chi connectivity index (χ1v) is 7.77. The lowest BCUT2D eigenvalue weighted by Crippen LogP contribution is -2.38. The summed E-state index contributed by atoms with van der Waals surface area (Å²) in [5.41, 5.74) is 6.67. The van der Waals surface area contributed by atoms with Crippen molar-refractivity contribution in [3.05, 3.63) is 34.3 Å². The maximum atomic E-state index is 12.5. The molecule has 1 aliphatic rings. The molecule has 0 heterocycles. The second kappa shape index (κ2) is 7.49. The van der Waals surface area contributed by atoms with Crippen molar-refractivity contribution in [2.75, 3.05) is 13.6 Å². The van der Waals surface area contributed by atoms with Crippen LogP contribution in [0, 0.1) is 11.8 Å². The zero-order valence-corrected chi connectivity index (χ0v) is 13.1. The maximum Gasteiger partial charge on any atom is 0.253 e. The number of hydrogen-bond donors (Lipinski definition) is 1. The molecule has 1 aromatic rings. The van der Waals surface area contributed by atoms with Crippen LogP contribution in [0.25, 0.3) is 0 Å². The summed E-state index contributed by atoms with van der Waals surface area (Å²) >= 11 is 6.19. The minimum atomic E-state index is 0.0298. The van der Waals surface area contributed by atoms with Crippen LogP contribution in [0.5, 0.6) is 0 Å². The van der Waals surface area contributed by atoms with Crippen LogP contribution < -0.4 is 5.73 Å². The van der Waals surface area contributed by atoms with Gasteiger partial charge in [-0.1, -0.05) is 42.7 Å². The van der Waals surface area contributed by atoms with Gasteiger partial charge >= 0.3 is 0 Å². The fourth-order valence-electron chi connectivity index (χ4n) is 2.73. The molecule has 1 amide bonds. The summed E-state index contributed by atoms with van der Waals surface area (Å²) in [5, 5.41) is 0.499. The van der Waals surface area contributed by atoms with Gasteiger partial charge in [-0.05, 0) is 31.0 Å². The van der Waals surface area contributed by atoms with Crippen LogP contribution in [0.4, 0.5) is 0 Å². The van der Waals surface area contributed by atoms with Gasteiger partial charge in [0.05, 0.1) is 11.6 Å². The Morgan fingerprint density at radius 1 is 1.38 bits per heavy atom. The summed E-state index contributed by atoms with van der Waals surface area (Å²) in [6, 6.07) is 5.62. The lowest BCUT2D eigenvalue weighted by Gasteiger charge is -2.31. The summed E-state index contributed by atoms with van der Waals surface area (Å²) in [5.74, 6) is 5.70. The van der Waals surface area contributed by atoms with E-state index in [-0.39, 0.29) is 5.91 Å². The second-order valence-corrected chi connectivity index (χ2v) is 5.82. The lowest BCUT2D eigenvalue weighted by atomic mass is 9.94. The standard InChI is InChI=1S/C17H21ClN2O/c1-20(15-7-3-2-4-8-15)17(21)14-10-9-13(6-5-11-19)16(18)12-14/h9-10,12,15H,2-4,7-8,11,19H2,1H3. The van der Waals surface area contributed by atoms with E-state index >= 15 is 0 Å². The van der Waals surface area contributed by atoms with Gasteiger partial charge in [-0.15, -0.1) is 0 Å². The molecule has 0 aliphatic heterocycles. The molecule has 0 aromatic heterocycles. The molecule has 0 atom stereocenters. The molecule has 1 aliphatic carbocycles. The monoisotopic (exact) mass is 304 g/mol. The highest BCUT2D eigenvalue weighted by Crippen LogP contribution is 2.24. The normalized spacial score (nSPS) is 15.2. The van der Waals surface area contributed by atoms with Crippen molar-refractivity contribution in [3.63, 3.8) is 0 Å². The molecule has 0 bridgehead atoms. The zero-order valence-electron chi connectivity index (χ0n) is 12.4. The fourth-order valence-corrected chi connectivity index (χ4v) is 2.96. The maximum absolute atomic E-state index is 12.5. The Hall–Kier alpha value is -1.50. The van der Waals surface area contributed by atoms with Crippen molar-refractivity contribution in [3.8, 4) is 11.8 Å². The van der Waals surface area contributed by atoms with Crippen molar-refractivity contribution in [1.29, 1.82) is 0 Å². The van der Waals surface area contributed by atoms with E-state index in [0.29, 0.717) is 28.7 Å². The van der Waals surface area contributed by atoms with E-state index in [0.717, 1.165) is 12.8 Å². The summed E-state index contributed by atoms with van der Waals surface area (Å²) < 4.78 is 0. The van der Waals surface area contributed by atoms with Crippen LogP contribution in [0.2, 0.25) is 5.02 Å². The molecule has 1 fully saturated rings. The van der Waals surface area contributed by atoms with Crippen LogP contribution in [-0.2, 0) is 0 Å². The first kappa shape index (κ1) is 15.9. The smallest absolute Gasteiger partial charge is 0.253 e. The number of rotatable bonds is 2. The predicted octanol–water partition coefficient (Wildman–Crippen LogP) is 3.05. The Kier molecular flexibility index (Phi) is 5.67. The SMILES string of the molecule is CN(C(=O)c1ccc(C#CCN)c(Cl)c1)C1CCCCC1. The Morgan fingerprint density at radius 2 is 2.10 bits per heavy atom. The van der Waals surface area contributed by atoms with Gasteiger partial charge in [0.2, 0.25) is 0 Å². The van der Waals surface area contributed by atoms with E-state index in [2.05, 4.69) is 11.8 Å². The van der Waals surface area contributed by atoms with Crippen molar-refractivity contribution in [2.24, 2.45) is 5.73 Å². The second-order valence-electron chi connectivity index (χ2n) is 5.41. The van der Waals surface area contributed by atoms with Crippen LogP contribution >= 0.6 is 11.6 Å². The van der Waals surface area contributed by atoms with Gasteiger partial charge in [0.15, 0.2) is 0 Å². The van der Waals surface area contributed by atoms with E-state index in [1.165, 1.54) is 19.3 Å². The third-order valence-corrected chi connectivity index (χ3v) is 4.30. The molecule has 3 nitrogen and oxygen atoms in total. The molecule has 1 saturated carbocycles. The van der Waals surface area contributed by atoms with Crippen LogP contribution in [0.3, 0.4) is 0 Å². The number of nitrogens with zero attached hydrogens (tertiary/aromatic N) is 1. The molecule has 2 rings (SSSR count). The molecule has 0 saturated heterocycles. The minimum absolute atomic E-state index is 0.0298. The van der Waals surface area contributed by atoms with Gasteiger partial charge < -0.3 is 10.6 Å². The van der Waals surface area contributed by atoms with Crippen molar-refractivity contribution < 1.29 is 4.79 Å². The van der Waals surface area contributed by atoms with Gasteiger partial charge in [0.25, 0.3) is 5.91 Å².